The van der Waals surface area contributed by atoms with Gasteiger partial charge in [-0.25, -0.2) is 0 Å². The average Bonchev–Trinajstić information content (AvgIpc) is 2.54. The Kier molecular flexibility index (Phi) is 11.6. The number of hydrogen-bond donors (Lipinski definition) is 1. The second-order valence-electron chi connectivity index (χ2n) is 10.8. The molecule has 0 aromatic heterocycles. The molecule has 0 aromatic rings. The van der Waals surface area contributed by atoms with Crippen molar-refractivity contribution < 1.29 is 22.8 Å². The number of ether oxygens (including phenoxy) is 1. The Labute approximate surface area is 216 Å². The maximum Gasteiger partial charge on any atom is 0.272 e. The van der Waals surface area contributed by atoms with Gasteiger partial charge < -0.3 is 23.3 Å². The van der Waals surface area contributed by atoms with Crippen LogP contribution in [-0.2, 0) is 22.8 Å². The molecule has 0 spiro atoms. The molecule has 0 aliphatic carbocycles. The summed E-state index contributed by atoms with van der Waals surface area (Å²) in [7, 11) is -5.86. The summed E-state index contributed by atoms with van der Waals surface area (Å²) in [6.07, 6.45) is -1.21. The first-order valence-corrected chi connectivity index (χ1v) is 23.3. The first-order valence-electron chi connectivity index (χ1n) is 10.9. The van der Waals surface area contributed by atoms with E-state index < -0.39 is 58.3 Å². The van der Waals surface area contributed by atoms with Crippen LogP contribution in [0.4, 0.5) is 0 Å². The number of thioether (sulfide) groups is 1. The van der Waals surface area contributed by atoms with Crippen LogP contribution >= 0.6 is 46.6 Å². The fourth-order valence-electron chi connectivity index (χ4n) is 3.16. The predicted molar refractivity (Wildman–Crippen MR) is 145 cm³/mol. The first-order chi connectivity index (χ1) is 14.2. The smallest absolute Gasteiger partial charge is 0.272 e. The number of halogens is 3. The van der Waals surface area contributed by atoms with Gasteiger partial charge in [-0.2, -0.15) is 0 Å². The number of carbonyl (C=O) groups is 1. The molecule has 1 amide bonds. The molecule has 1 aliphatic heterocycles. The molecule has 0 unspecified atom stereocenters. The van der Waals surface area contributed by atoms with Crippen LogP contribution in [0.5, 0.6) is 0 Å². The van der Waals surface area contributed by atoms with E-state index >= 15 is 0 Å². The molecule has 32 heavy (non-hydrogen) atoms. The van der Waals surface area contributed by atoms with Gasteiger partial charge in [-0.05, 0) is 64.7 Å². The van der Waals surface area contributed by atoms with Crippen molar-refractivity contribution in [2.75, 3.05) is 12.4 Å². The lowest BCUT2D eigenvalue weighted by atomic mass is 9.98. The molecule has 1 rings (SSSR count). The summed E-state index contributed by atoms with van der Waals surface area (Å²) in [5.41, 5.74) is -0.394. The molecule has 1 saturated heterocycles. The molecule has 6 nitrogen and oxygen atoms in total. The highest BCUT2D eigenvalue weighted by molar-refractivity contribution is 7.99. The highest BCUT2D eigenvalue weighted by atomic mass is 35.6. The van der Waals surface area contributed by atoms with Crippen molar-refractivity contribution in [3.05, 3.63) is 0 Å². The van der Waals surface area contributed by atoms with E-state index in [1.165, 1.54) is 0 Å². The quantitative estimate of drug-likeness (QED) is 0.266. The Morgan fingerprint density at radius 3 is 1.84 bits per heavy atom. The number of rotatable bonds is 10. The molecular formula is C19H40Cl3NO5SSi3. The largest absolute Gasteiger partial charge is 0.415 e. The fraction of sp³-hybridized carbons (Fsp3) is 0.947. The van der Waals surface area contributed by atoms with E-state index in [0.29, 0.717) is 6.61 Å². The normalized spacial score (nSPS) is 28.0. The summed E-state index contributed by atoms with van der Waals surface area (Å²) in [5, 5.41) is 2.89. The molecule has 1 heterocycles. The number of hydrogen-bond acceptors (Lipinski definition) is 6. The third kappa shape index (κ3) is 11.3. The Morgan fingerprint density at radius 2 is 1.44 bits per heavy atom. The van der Waals surface area contributed by atoms with E-state index in [2.05, 4.69) is 64.2 Å². The Bertz CT molecular complexity index is 623. The first kappa shape index (κ1) is 31.2. The van der Waals surface area contributed by atoms with Crippen molar-refractivity contribution in [2.24, 2.45) is 0 Å². The molecular weight excluding hydrogens is 545 g/mol. The SMILES string of the molecule is CCS[C@@H]1O[C@H](CO[Si](C)(C)C)[C@@H](O[Si](C)(C)C)[C@H](O[Si](C)(C)C)[C@H]1NC(=O)C(Cl)(Cl)Cl. The monoisotopic (exact) mass is 583 g/mol. The zero-order chi connectivity index (χ0) is 25.1. The van der Waals surface area contributed by atoms with Crippen molar-refractivity contribution in [3.63, 3.8) is 0 Å². The number of nitrogens with one attached hydrogen (secondary N) is 1. The van der Waals surface area contributed by atoms with Crippen molar-refractivity contribution in [3.8, 4) is 0 Å². The van der Waals surface area contributed by atoms with Gasteiger partial charge in [0, 0.05) is 0 Å². The minimum atomic E-state index is -2.09. The highest BCUT2D eigenvalue weighted by Crippen LogP contribution is 2.36. The predicted octanol–water partition coefficient (Wildman–Crippen LogP) is 5.61. The summed E-state index contributed by atoms with van der Waals surface area (Å²) in [4.78, 5) is 12.7. The number of alkyl halides is 3. The fourth-order valence-corrected chi connectivity index (χ4v) is 7.17. The van der Waals surface area contributed by atoms with Crippen molar-refractivity contribution in [2.45, 2.75) is 99.4 Å². The average molecular weight is 585 g/mol. The molecule has 13 heteroatoms. The van der Waals surface area contributed by atoms with E-state index in [-0.39, 0.29) is 6.10 Å². The minimum Gasteiger partial charge on any atom is -0.415 e. The Balaban J connectivity index is 3.44. The van der Waals surface area contributed by atoms with Crippen molar-refractivity contribution in [1.82, 2.24) is 5.32 Å². The zero-order valence-electron chi connectivity index (χ0n) is 20.9. The van der Waals surface area contributed by atoms with Crippen LogP contribution in [0.3, 0.4) is 0 Å². The molecule has 0 bridgehead atoms. The third-order valence-corrected chi connectivity index (χ3v) is 8.76. The van der Waals surface area contributed by atoms with Crippen LogP contribution in [-0.4, -0.2) is 76.8 Å². The van der Waals surface area contributed by atoms with Crippen molar-refractivity contribution in [1.29, 1.82) is 0 Å². The zero-order valence-corrected chi connectivity index (χ0v) is 27.0. The lowest BCUT2D eigenvalue weighted by Gasteiger charge is -2.50. The summed E-state index contributed by atoms with van der Waals surface area (Å²) >= 11 is 19.2. The maximum atomic E-state index is 12.7. The second kappa shape index (κ2) is 11.9. The van der Waals surface area contributed by atoms with Crippen LogP contribution in [0.25, 0.3) is 0 Å². The molecule has 0 radical (unpaired) electrons. The van der Waals surface area contributed by atoms with Crippen LogP contribution in [0.2, 0.25) is 58.9 Å². The van der Waals surface area contributed by atoms with E-state index in [4.69, 9.17) is 52.8 Å². The van der Waals surface area contributed by atoms with Gasteiger partial charge in [0.1, 0.15) is 17.6 Å². The molecule has 190 valence electrons. The van der Waals surface area contributed by atoms with Crippen LogP contribution in [0.15, 0.2) is 0 Å². The number of amides is 1. The van der Waals surface area contributed by atoms with Gasteiger partial charge in [-0.3, -0.25) is 4.79 Å². The van der Waals surface area contributed by atoms with Crippen LogP contribution in [0.1, 0.15) is 6.92 Å². The summed E-state index contributed by atoms with van der Waals surface area (Å²) in [6, 6.07) is -0.542. The Hall–Kier alpha value is 1.18. The standard InChI is InChI=1S/C19H40Cl3NO5SSi3/c1-11-29-17-14(23-18(24)19(20,21)22)16(28-32(8,9)10)15(27-31(5,6)7)13(26-17)12-25-30(2,3)4/h13-17H,11-12H2,1-10H3,(H,23,24)/t13-,14-,15-,16-,17+/m1/s1. The lowest BCUT2D eigenvalue weighted by Crippen LogP contribution is -2.68. The third-order valence-electron chi connectivity index (χ3n) is 4.19. The van der Waals surface area contributed by atoms with E-state index in [9.17, 15) is 4.79 Å². The van der Waals surface area contributed by atoms with Crippen LogP contribution in [0, 0.1) is 0 Å². The van der Waals surface area contributed by atoms with Gasteiger partial charge >= 0.3 is 0 Å². The lowest BCUT2D eigenvalue weighted by molar-refractivity contribution is -0.161. The number of carbonyl (C=O) groups excluding carboxylic acids is 1. The highest BCUT2D eigenvalue weighted by Gasteiger charge is 2.51. The van der Waals surface area contributed by atoms with Gasteiger partial charge in [0.2, 0.25) is 0 Å². The van der Waals surface area contributed by atoms with Crippen molar-refractivity contribution >= 4 is 77.4 Å². The van der Waals surface area contributed by atoms with E-state index in [0.717, 1.165) is 5.75 Å². The van der Waals surface area contributed by atoms with Gasteiger partial charge in [0.05, 0.1) is 18.8 Å². The summed E-state index contributed by atoms with van der Waals surface area (Å²) < 4.78 is 23.9. The van der Waals surface area contributed by atoms with Crippen LogP contribution < -0.4 is 5.32 Å². The summed E-state index contributed by atoms with van der Waals surface area (Å²) in [5.74, 6) is 0.0801. The van der Waals surface area contributed by atoms with E-state index in [1.807, 2.05) is 6.92 Å². The molecule has 1 fully saturated rings. The second-order valence-corrected chi connectivity index (χ2v) is 27.9. The minimum absolute atomic E-state index is 0.334. The van der Waals surface area contributed by atoms with Gasteiger partial charge in [0.15, 0.2) is 25.0 Å². The molecule has 5 atom stereocenters. The summed E-state index contributed by atoms with van der Waals surface area (Å²) in [6.45, 7) is 21.6. The molecule has 0 saturated carbocycles. The van der Waals surface area contributed by atoms with Gasteiger partial charge in [-0.1, -0.05) is 41.7 Å². The topological polar surface area (TPSA) is 66.0 Å². The van der Waals surface area contributed by atoms with E-state index in [1.54, 1.807) is 11.8 Å². The van der Waals surface area contributed by atoms with Gasteiger partial charge in [0.25, 0.3) is 9.70 Å². The molecule has 1 aliphatic rings. The molecule has 0 aromatic carbocycles. The molecule has 1 N–H and O–H groups in total. The Morgan fingerprint density at radius 1 is 0.938 bits per heavy atom. The maximum absolute atomic E-state index is 12.7. The van der Waals surface area contributed by atoms with Gasteiger partial charge in [-0.15, -0.1) is 11.8 Å².